The summed E-state index contributed by atoms with van der Waals surface area (Å²) in [5, 5.41) is 3.51. The minimum Gasteiger partial charge on any atom is -0.308 e. The Morgan fingerprint density at radius 2 is 1.65 bits per heavy atom. The largest absolute Gasteiger partial charge is 0.308 e. The van der Waals surface area contributed by atoms with Gasteiger partial charge in [0.1, 0.15) is 0 Å². The maximum Gasteiger partial charge on any atom is 0.0203 e. The maximum atomic E-state index is 4.21. The van der Waals surface area contributed by atoms with E-state index in [1.807, 2.05) is 0 Å². The van der Waals surface area contributed by atoms with Crippen LogP contribution in [0.3, 0.4) is 0 Å². The van der Waals surface area contributed by atoms with Crippen molar-refractivity contribution in [3.63, 3.8) is 0 Å². The van der Waals surface area contributed by atoms with Crippen LogP contribution in [0.25, 0.3) is 0 Å². The predicted molar refractivity (Wildman–Crippen MR) is 88.3 cm³/mol. The highest BCUT2D eigenvalue weighted by Crippen LogP contribution is 2.05. The second-order valence-corrected chi connectivity index (χ2v) is 7.27. The summed E-state index contributed by atoms with van der Waals surface area (Å²) in [7, 11) is 4.28. The lowest BCUT2D eigenvalue weighted by Crippen LogP contribution is -2.49. The van der Waals surface area contributed by atoms with Crippen LogP contribution in [-0.4, -0.2) is 86.7 Å². The van der Waals surface area contributed by atoms with Gasteiger partial charge >= 0.3 is 0 Å². The van der Waals surface area contributed by atoms with Gasteiger partial charge < -0.3 is 10.2 Å². The lowest BCUT2D eigenvalue weighted by Gasteiger charge is -2.35. The average molecular weight is 282 g/mol. The highest BCUT2D eigenvalue weighted by Gasteiger charge is 2.17. The van der Waals surface area contributed by atoms with E-state index in [1.54, 1.807) is 0 Å². The third-order valence-corrected chi connectivity index (χ3v) is 3.64. The van der Waals surface area contributed by atoms with Crippen LogP contribution in [0.2, 0.25) is 0 Å². The summed E-state index contributed by atoms with van der Waals surface area (Å²) >= 11 is 0. The monoisotopic (exact) mass is 282 g/mol. The maximum absolute atomic E-state index is 4.21. The van der Waals surface area contributed by atoms with Crippen LogP contribution >= 0.6 is 0 Å². The van der Waals surface area contributed by atoms with Crippen molar-refractivity contribution in [2.75, 3.05) is 66.5 Å². The zero-order valence-corrected chi connectivity index (χ0v) is 14.2. The van der Waals surface area contributed by atoms with Crippen LogP contribution in [0.5, 0.6) is 0 Å². The summed E-state index contributed by atoms with van der Waals surface area (Å²) in [6, 6.07) is 0. The van der Waals surface area contributed by atoms with Gasteiger partial charge in [-0.25, -0.2) is 0 Å². The standard InChI is InChI=1S/C16H34N4/c1-15(13-17-16(2,3)4)14-20-11-9-19(10-12-20)8-7-18(5)6/h17H,1,7-14H2,2-6H3. The van der Waals surface area contributed by atoms with E-state index in [9.17, 15) is 0 Å². The van der Waals surface area contributed by atoms with Crippen LogP contribution in [0.4, 0.5) is 0 Å². The van der Waals surface area contributed by atoms with Gasteiger partial charge in [-0.1, -0.05) is 6.58 Å². The normalized spacial score (nSPS) is 18.7. The Hall–Kier alpha value is -0.420. The number of rotatable bonds is 7. The number of hydrogen-bond acceptors (Lipinski definition) is 4. The number of piperazine rings is 1. The van der Waals surface area contributed by atoms with E-state index in [0.29, 0.717) is 0 Å². The van der Waals surface area contributed by atoms with Crippen LogP contribution < -0.4 is 5.32 Å². The third kappa shape index (κ3) is 8.00. The summed E-state index contributed by atoms with van der Waals surface area (Å²) in [4.78, 5) is 7.35. The van der Waals surface area contributed by atoms with Gasteiger partial charge in [0.15, 0.2) is 0 Å². The van der Waals surface area contributed by atoms with Crippen LogP contribution in [0, 0.1) is 0 Å². The van der Waals surface area contributed by atoms with Gasteiger partial charge in [-0.2, -0.15) is 0 Å². The molecule has 0 saturated carbocycles. The minimum absolute atomic E-state index is 0.174. The molecule has 0 aromatic rings. The molecular formula is C16H34N4. The minimum atomic E-state index is 0.174. The van der Waals surface area contributed by atoms with Crippen molar-refractivity contribution in [2.24, 2.45) is 0 Å². The summed E-state index contributed by atoms with van der Waals surface area (Å²) in [5.74, 6) is 0. The van der Waals surface area contributed by atoms with Gasteiger partial charge in [0, 0.05) is 57.9 Å². The van der Waals surface area contributed by atoms with Crippen molar-refractivity contribution in [1.29, 1.82) is 0 Å². The fourth-order valence-corrected chi connectivity index (χ4v) is 2.27. The summed E-state index contributed by atoms with van der Waals surface area (Å²) in [6.45, 7) is 19.8. The SMILES string of the molecule is C=C(CNC(C)(C)C)CN1CCN(CCN(C)C)CC1. The molecule has 0 aliphatic carbocycles. The number of hydrogen-bond donors (Lipinski definition) is 1. The van der Waals surface area contributed by atoms with Crippen LogP contribution in [0.15, 0.2) is 12.2 Å². The smallest absolute Gasteiger partial charge is 0.0203 e. The van der Waals surface area contributed by atoms with Crippen molar-refractivity contribution in [2.45, 2.75) is 26.3 Å². The molecule has 0 unspecified atom stereocenters. The lowest BCUT2D eigenvalue weighted by molar-refractivity contribution is 0.132. The molecule has 4 heteroatoms. The zero-order valence-electron chi connectivity index (χ0n) is 14.2. The van der Waals surface area contributed by atoms with Gasteiger partial charge in [-0.3, -0.25) is 9.80 Å². The molecule has 0 spiro atoms. The predicted octanol–water partition coefficient (Wildman–Crippen LogP) is 1.11. The van der Waals surface area contributed by atoms with E-state index in [2.05, 4.69) is 61.5 Å². The van der Waals surface area contributed by atoms with Crippen molar-refractivity contribution < 1.29 is 0 Å². The van der Waals surface area contributed by atoms with Gasteiger partial charge in [0.05, 0.1) is 0 Å². The Morgan fingerprint density at radius 3 is 2.15 bits per heavy atom. The first-order valence-corrected chi connectivity index (χ1v) is 7.77. The Labute approximate surface area is 125 Å². The molecule has 1 rings (SSSR count). The fraction of sp³-hybridized carbons (Fsp3) is 0.875. The number of likely N-dealkylation sites (N-methyl/N-ethyl adjacent to an activating group) is 1. The molecule has 0 amide bonds. The first-order chi connectivity index (χ1) is 9.26. The summed E-state index contributed by atoms with van der Waals surface area (Å²) in [6.07, 6.45) is 0. The Balaban J connectivity index is 2.17. The molecule has 0 radical (unpaired) electrons. The summed E-state index contributed by atoms with van der Waals surface area (Å²) in [5.41, 5.74) is 1.47. The molecular weight excluding hydrogens is 248 g/mol. The molecule has 118 valence electrons. The molecule has 4 nitrogen and oxygen atoms in total. The van der Waals surface area contributed by atoms with Crippen molar-refractivity contribution in [3.8, 4) is 0 Å². The Bertz CT molecular complexity index is 285. The van der Waals surface area contributed by atoms with Crippen molar-refractivity contribution >= 4 is 0 Å². The van der Waals surface area contributed by atoms with Crippen LogP contribution in [0.1, 0.15) is 20.8 Å². The molecule has 1 saturated heterocycles. The van der Waals surface area contributed by atoms with E-state index in [1.165, 1.54) is 38.3 Å². The second kappa shape index (κ2) is 8.13. The van der Waals surface area contributed by atoms with E-state index >= 15 is 0 Å². The summed E-state index contributed by atoms with van der Waals surface area (Å²) < 4.78 is 0. The first-order valence-electron chi connectivity index (χ1n) is 7.77. The van der Waals surface area contributed by atoms with E-state index < -0.39 is 0 Å². The number of nitrogens with zero attached hydrogens (tertiary/aromatic N) is 3. The molecule has 1 aliphatic heterocycles. The average Bonchev–Trinajstić information content (AvgIpc) is 2.35. The molecule has 1 aliphatic rings. The second-order valence-electron chi connectivity index (χ2n) is 7.27. The molecule has 20 heavy (non-hydrogen) atoms. The topological polar surface area (TPSA) is 21.8 Å². The Kier molecular flexibility index (Phi) is 7.17. The molecule has 0 aromatic carbocycles. The third-order valence-electron chi connectivity index (χ3n) is 3.64. The van der Waals surface area contributed by atoms with E-state index in [-0.39, 0.29) is 5.54 Å². The van der Waals surface area contributed by atoms with Gasteiger partial charge in [0.25, 0.3) is 0 Å². The molecule has 1 N–H and O–H groups in total. The van der Waals surface area contributed by atoms with Gasteiger partial charge in [-0.05, 0) is 40.4 Å². The van der Waals surface area contributed by atoms with E-state index in [4.69, 9.17) is 0 Å². The molecule has 1 heterocycles. The quantitative estimate of drug-likeness (QED) is 0.706. The molecule has 0 atom stereocenters. The fourth-order valence-electron chi connectivity index (χ4n) is 2.27. The number of nitrogens with one attached hydrogen (secondary N) is 1. The van der Waals surface area contributed by atoms with Crippen molar-refractivity contribution in [1.82, 2.24) is 20.0 Å². The highest BCUT2D eigenvalue weighted by atomic mass is 15.3. The zero-order chi connectivity index (χ0) is 15.2. The van der Waals surface area contributed by atoms with Gasteiger partial charge in [-0.15, -0.1) is 0 Å². The molecule has 1 fully saturated rings. The first kappa shape index (κ1) is 17.6. The highest BCUT2D eigenvalue weighted by molar-refractivity contribution is 5.01. The lowest BCUT2D eigenvalue weighted by atomic mass is 10.1. The molecule has 0 bridgehead atoms. The molecule has 0 aromatic heterocycles. The Morgan fingerprint density at radius 1 is 1.10 bits per heavy atom. The van der Waals surface area contributed by atoms with Crippen LogP contribution in [-0.2, 0) is 0 Å². The van der Waals surface area contributed by atoms with Gasteiger partial charge in [0.2, 0.25) is 0 Å². The van der Waals surface area contributed by atoms with E-state index in [0.717, 1.165) is 19.6 Å². The van der Waals surface area contributed by atoms with Crippen molar-refractivity contribution in [3.05, 3.63) is 12.2 Å².